The number of carbonyl (C=O) groups excluding carboxylic acids is 1. The summed E-state index contributed by atoms with van der Waals surface area (Å²) < 4.78 is 5.48. The molecule has 0 spiro atoms. The monoisotopic (exact) mass is 241 g/mol. The molecule has 0 aromatic heterocycles. The van der Waals surface area contributed by atoms with E-state index < -0.39 is 11.1 Å². The first-order chi connectivity index (χ1) is 7.79. The van der Waals surface area contributed by atoms with E-state index in [-0.39, 0.29) is 11.9 Å². The van der Waals surface area contributed by atoms with Gasteiger partial charge in [0, 0.05) is 0 Å². The molecule has 0 aliphatic heterocycles. The van der Waals surface area contributed by atoms with E-state index in [4.69, 9.17) is 10.5 Å². The van der Waals surface area contributed by atoms with Crippen molar-refractivity contribution in [2.75, 3.05) is 0 Å². The second-order valence-electron chi connectivity index (χ2n) is 6.23. The molecule has 1 unspecified atom stereocenters. The molecular formula is C14H27NO2. The minimum Gasteiger partial charge on any atom is -0.459 e. The molecule has 2 N–H and O–H groups in total. The predicted molar refractivity (Wildman–Crippen MR) is 69.6 cm³/mol. The fourth-order valence-electron chi connectivity index (χ4n) is 2.59. The molecule has 17 heavy (non-hydrogen) atoms. The van der Waals surface area contributed by atoms with Gasteiger partial charge in [-0.2, -0.15) is 0 Å². The molecule has 100 valence electrons. The lowest BCUT2D eigenvalue weighted by atomic mass is 9.73. The lowest BCUT2D eigenvalue weighted by molar-refractivity contribution is -0.165. The van der Waals surface area contributed by atoms with Gasteiger partial charge in [0.2, 0.25) is 0 Å². The van der Waals surface area contributed by atoms with Crippen LogP contribution >= 0.6 is 0 Å². The highest BCUT2D eigenvalue weighted by Crippen LogP contribution is 2.34. The second-order valence-corrected chi connectivity index (χ2v) is 6.23. The number of ether oxygens (including phenoxy) is 1. The van der Waals surface area contributed by atoms with Crippen LogP contribution in [-0.4, -0.2) is 17.1 Å². The van der Waals surface area contributed by atoms with Crippen LogP contribution in [0.15, 0.2) is 0 Å². The third kappa shape index (κ3) is 3.70. The van der Waals surface area contributed by atoms with E-state index in [1.165, 1.54) is 19.3 Å². The summed E-state index contributed by atoms with van der Waals surface area (Å²) in [5, 5.41) is 0. The van der Waals surface area contributed by atoms with Crippen molar-refractivity contribution in [1.29, 1.82) is 0 Å². The van der Waals surface area contributed by atoms with Crippen molar-refractivity contribution in [3.05, 3.63) is 0 Å². The highest BCUT2D eigenvalue weighted by atomic mass is 16.6. The molecule has 1 aliphatic rings. The van der Waals surface area contributed by atoms with Gasteiger partial charge in [-0.3, -0.25) is 4.79 Å². The van der Waals surface area contributed by atoms with E-state index >= 15 is 0 Å². The Morgan fingerprint density at radius 2 is 1.76 bits per heavy atom. The quantitative estimate of drug-likeness (QED) is 0.773. The first-order valence-electron chi connectivity index (χ1n) is 6.82. The highest BCUT2D eigenvalue weighted by Gasteiger charge is 2.43. The molecule has 0 aromatic rings. The number of rotatable bonds is 3. The Kier molecular flexibility index (Phi) is 4.59. The zero-order valence-corrected chi connectivity index (χ0v) is 11.7. The number of esters is 1. The predicted octanol–water partition coefficient (Wildman–Crippen LogP) is 3.02. The van der Waals surface area contributed by atoms with Crippen molar-refractivity contribution >= 4 is 5.97 Å². The fraction of sp³-hybridized carbons (Fsp3) is 0.929. The highest BCUT2D eigenvalue weighted by molar-refractivity contribution is 5.81. The number of carbonyl (C=O) groups is 1. The third-order valence-electron chi connectivity index (χ3n) is 3.70. The Hall–Kier alpha value is -0.570. The lowest BCUT2D eigenvalue weighted by Gasteiger charge is -2.38. The molecule has 1 rings (SSSR count). The van der Waals surface area contributed by atoms with Gasteiger partial charge in [0.1, 0.15) is 11.1 Å². The fourth-order valence-corrected chi connectivity index (χ4v) is 2.59. The van der Waals surface area contributed by atoms with Gasteiger partial charge >= 0.3 is 5.97 Å². The van der Waals surface area contributed by atoms with E-state index in [9.17, 15) is 4.79 Å². The van der Waals surface area contributed by atoms with E-state index in [0.29, 0.717) is 6.42 Å². The normalized spacial score (nSPS) is 21.9. The maximum Gasteiger partial charge on any atom is 0.326 e. The number of hydrogen-bond donors (Lipinski definition) is 1. The molecule has 0 saturated heterocycles. The molecule has 0 radical (unpaired) electrons. The van der Waals surface area contributed by atoms with Crippen molar-refractivity contribution in [2.45, 2.75) is 77.4 Å². The van der Waals surface area contributed by atoms with E-state index in [2.05, 4.69) is 0 Å². The smallest absolute Gasteiger partial charge is 0.326 e. The van der Waals surface area contributed by atoms with Crippen molar-refractivity contribution in [2.24, 2.45) is 11.7 Å². The molecule has 0 amide bonds. The Bertz CT molecular complexity index is 264. The zero-order chi connectivity index (χ0) is 13.1. The summed E-state index contributed by atoms with van der Waals surface area (Å²) in [6, 6.07) is 0. The van der Waals surface area contributed by atoms with Gasteiger partial charge in [-0.25, -0.2) is 0 Å². The van der Waals surface area contributed by atoms with Gasteiger partial charge in [0.15, 0.2) is 0 Å². The molecule has 1 saturated carbocycles. The standard InChI is InChI=1S/C14H27NO2/c1-5-14(15,11-9-7-6-8-10-11)12(16)17-13(2,3)4/h11H,5-10,15H2,1-4H3. The van der Waals surface area contributed by atoms with Crippen LogP contribution in [0.25, 0.3) is 0 Å². The summed E-state index contributed by atoms with van der Waals surface area (Å²) in [4.78, 5) is 12.3. The van der Waals surface area contributed by atoms with Gasteiger partial charge in [-0.15, -0.1) is 0 Å². The van der Waals surface area contributed by atoms with Crippen molar-refractivity contribution < 1.29 is 9.53 Å². The largest absolute Gasteiger partial charge is 0.459 e. The average Bonchev–Trinajstić information content (AvgIpc) is 2.27. The Morgan fingerprint density at radius 3 is 2.18 bits per heavy atom. The second kappa shape index (κ2) is 5.38. The molecule has 3 heteroatoms. The van der Waals surface area contributed by atoms with Crippen LogP contribution in [0.3, 0.4) is 0 Å². The van der Waals surface area contributed by atoms with Gasteiger partial charge in [-0.1, -0.05) is 26.2 Å². The maximum atomic E-state index is 12.3. The Balaban J connectivity index is 2.75. The maximum absolute atomic E-state index is 12.3. The minimum atomic E-state index is -0.784. The molecule has 1 atom stereocenters. The summed E-state index contributed by atoms with van der Waals surface area (Å²) in [6.07, 6.45) is 6.42. The van der Waals surface area contributed by atoms with Gasteiger partial charge in [0.05, 0.1) is 0 Å². The van der Waals surface area contributed by atoms with E-state index in [1.54, 1.807) is 0 Å². The summed E-state index contributed by atoms with van der Waals surface area (Å²) >= 11 is 0. The lowest BCUT2D eigenvalue weighted by Crippen LogP contribution is -2.56. The third-order valence-corrected chi connectivity index (χ3v) is 3.70. The molecular weight excluding hydrogens is 214 g/mol. The average molecular weight is 241 g/mol. The molecule has 0 bridgehead atoms. The molecule has 1 fully saturated rings. The molecule has 1 aliphatic carbocycles. The van der Waals surface area contributed by atoms with Crippen LogP contribution in [0, 0.1) is 5.92 Å². The Morgan fingerprint density at radius 1 is 1.24 bits per heavy atom. The number of nitrogens with two attached hydrogens (primary N) is 1. The van der Waals surface area contributed by atoms with Crippen molar-refractivity contribution in [1.82, 2.24) is 0 Å². The summed E-state index contributed by atoms with van der Waals surface area (Å²) in [5.74, 6) is 0.0653. The van der Waals surface area contributed by atoms with Crippen molar-refractivity contribution in [3.63, 3.8) is 0 Å². The van der Waals surface area contributed by atoms with Crippen LogP contribution in [0.4, 0.5) is 0 Å². The Labute approximate surface area is 105 Å². The van der Waals surface area contributed by atoms with Crippen LogP contribution in [0.5, 0.6) is 0 Å². The van der Waals surface area contributed by atoms with Crippen LogP contribution in [0.1, 0.15) is 66.2 Å². The molecule has 3 nitrogen and oxygen atoms in total. The SMILES string of the molecule is CCC(N)(C(=O)OC(C)(C)C)C1CCCCC1. The summed E-state index contributed by atoms with van der Waals surface area (Å²) in [7, 11) is 0. The minimum absolute atomic E-state index is 0.223. The summed E-state index contributed by atoms with van der Waals surface area (Å²) in [6.45, 7) is 7.66. The van der Waals surface area contributed by atoms with Crippen molar-refractivity contribution in [3.8, 4) is 0 Å². The van der Waals surface area contributed by atoms with Crippen LogP contribution in [-0.2, 0) is 9.53 Å². The first kappa shape index (κ1) is 14.5. The zero-order valence-electron chi connectivity index (χ0n) is 11.7. The van der Waals surface area contributed by atoms with Gasteiger partial charge in [0.25, 0.3) is 0 Å². The molecule has 0 aromatic carbocycles. The van der Waals surface area contributed by atoms with Crippen LogP contribution in [0.2, 0.25) is 0 Å². The van der Waals surface area contributed by atoms with Gasteiger partial charge in [-0.05, 0) is 46.0 Å². The van der Waals surface area contributed by atoms with Crippen LogP contribution < -0.4 is 5.73 Å². The summed E-state index contributed by atoms with van der Waals surface area (Å²) in [5.41, 5.74) is 5.11. The van der Waals surface area contributed by atoms with E-state index in [1.807, 2.05) is 27.7 Å². The van der Waals surface area contributed by atoms with Gasteiger partial charge < -0.3 is 10.5 Å². The number of hydrogen-bond acceptors (Lipinski definition) is 3. The first-order valence-corrected chi connectivity index (χ1v) is 6.82. The molecule has 0 heterocycles. The topological polar surface area (TPSA) is 52.3 Å². The van der Waals surface area contributed by atoms with E-state index in [0.717, 1.165) is 12.8 Å².